The summed E-state index contributed by atoms with van der Waals surface area (Å²) in [6, 6.07) is 1.33. The normalized spacial score (nSPS) is 10.1. The second-order valence-corrected chi connectivity index (χ2v) is 4.19. The largest absolute Gasteiger partial charge is 0.506 e. The van der Waals surface area contributed by atoms with Crippen molar-refractivity contribution in [1.29, 1.82) is 0 Å². The molecule has 2 aromatic rings. The lowest BCUT2D eigenvalue weighted by Gasteiger charge is -2.00. The Balaban J connectivity index is 2.14. The predicted molar refractivity (Wildman–Crippen MR) is 58.5 cm³/mol. The molecule has 0 saturated carbocycles. The number of aryl methyl sites for hydroxylation is 1. The van der Waals surface area contributed by atoms with E-state index in [9.17, 15) is 4.79 Å². The standard InChI is InChI=1S/C9H8N4O2S/c1-5-12-13-9(16-5)11-8(15)6-2-7(14)4-10-3-6/h2-4,14H,1H3,(H,11,13,15). The van der Waals surface area contributed by atoms with Crippen molar-refractivity contribution in [1.82, 2.24) is 15.2 Å². The number of pyridine rings is 1. The Morgan fingerprint density at radius 2 is 2.25 bits per heavy atom. The van der Waals surface area contributed by atoms with Crippen LogP contribution in [-0.4, -0.2) is 26.2 Å². The first kappa shape index (κ1) is 10.5. The summed E-state index contributed by atoms with van der Waals surface area (Å²) in [7, 11) is 0. The number of anilines is 1. The molecule has 0 spiro atoms. The van der Waals surface area contributed by atoms with Crippen molar-refractivity contribution < 1.29 is 9.90 Å². The molecule has 0 aliphatic rings. The number of hydrogen-bond donors (Lipinski definition) is 2. The Bertz CT molecular complexity index is 526. The molecular formula is C9H8N4O2S. The third-order valence-electron chi connectivity index (χ3n) is 1.73. The fourth-order valence-corrected chi connectivity index (χ4v) is 1.66. The molecule has 0 fully saturated rings. The monoisotopic (exact) mass is 236 g/mol. The zero-order chi connectivity index (χ0) is 11.5. The van der Waals surface area contributed by atoms with Crippen LogP contribution in [0.5, 0.6) is 5.75 Å². The van der Waals surface area contributed by atoms with Crippen molar-refractivity contribution in [3.8, 4) is 5.75 Å². The van der Waals surface area contributed by atoms with Gasteiger partial charge < -0.3 is 5.11 Å². The Labute approximate surface area is 95.0 Å². The lowest BCUT2D eigenvalue weighted by Crippen LogP contribution is -2.11. The molecular weight excluding hydrogens is 228 g/mol. The molecule has 0 radical (unpaired) electrons. The van der Waals surface area contributed by atoms with Crippen molar-refractivity contribution in [3.05, 3.63) is 29.0 Å². The van der Waals surface area contributed by atoms with Gasteiger partial charge in [0.05, 0.1) is 11.8 Å². The Kier molecular flexibility index (Phi) is 2.78. The molecule has 0 aliphatic heterocycles. The molecule has 7 heteroatoms. The first-order valence-electron chi connectivity index (χ1n) is 4.40. The van der Waals surface area contributed by atoms with Gasteiger partial charge in [0.15, 0.2) is 0 Å². The maximum absolute atomic E-state index is 11.7. The van der Waals surface area contributed by atoms with Crippen LogP contribution in [0, 0.1) is 6.92 Å². The minimum Gasteiger partial charge on any atom is -0.506 e. The van der Waals surface area contributed by atoms with Gasteiger partial charge in [0.25, 0.3) is 5.91 Å². The third kappa shape index (κ3) is 2.31. The fraction of sp³-hybridized carbons (Fsp3) is 0.111. The van der Waals surface area contributed by atoms with Crippen LogP contribution in [0.15, 0.2) is 18.5 Å². The highest BCUT2D eigenvalue weighted by Crippen LogP contribution is 2.15. The maximum Gasteiger partial charge on any atom is 0.259 e. The van der Waals surface area contributed by atoms with Gasteiger partial charge in [-0.15, -0.1) is 10.2 Å². The summed E-state index contributed by atoms with van der Waals surface area (Å²) in [5, 5.41) is 20.4. The SMILES string of the molecule is Cc1nnc(NC(=O)c2cncc(O)c2)s1. The van der Waals surface area contributed by atoms with Gasteiger partial charge in [-0.05, 0) is 13.0 Å². The van der Waals surface area contributed by atoms with Crippen LogP contribution < -0.4 is 5.32 Å². The zero-order valence-electron chi connectivity index (χ0n) is 8.34. The number of amides is 1. The quantitative estimate of drug-likeness (QED) is 0.818. The van der Waals surface area contributed by atoms with Crippen LogP contribution in [0.4, 0.5) is 5.13 Å². The Morgan fingerprint density at radius 3 is 2.88 bits per heavy atom. The van der Waals surface area contributed by atoms with Gasteiger partial charge in [-0.1, -0.05) is 11.3 Å². The van der Waals surface area contributed by atoms with Gasteiger partial charge in [-0.25, -0.2) is 0 Å². The molecule has 16 heavy (non-hydrogen) atoms. The summed E-state index contributed by atoms with van der Waals surface area (Å²) < 4.78 is 0. The summed E-state index contributed by atoms with van der Waals surface area (Å²) in [6.07, 6.45) is 2.62. The molecule has 0 unspecified atom stereocenters. The summed E-state index contributed by atoms with van der Waals surface area (Å²) >= 11 is 1.28. The van der Waals surface area contributed by atoms with Crippen LogP contribution in [0.1, 0.15) is 15.4 Å². The zero-order valence-corrected chi connectivity index (χ0v) is 9.15. The summed E-state index contributed by atoms with van der Waals surface area (Å²) in [5.74, 6) is -0.430. The molecule has 0 aromatic carbocycles. The van der Waals surface area contributed by atoms with E-state index in [4.69, 9.17) is 5.11 Å². The molecule has 2 rings (SSSR count). The second-order valence-electron chi connectivity index (χ2n) is 3.01. The van der Waals surface area contributed by atoms with Gasteiger partial charge in [0.2, 0.25) is 5.13 Å². The van der Waals surface area contributed by atoms with Crippen molar-refractivity contribution in [2.45, 2.75) is 6.92 Å². The number of nitrogens with one attached hydrogen (secondary N) is 1. The number of carbonyl (C=O) groups is 1. The average molecular weight is 236 g/mol. The van der Waals surface area contributed by atoms with E-state index in [1.54, 1.807) is 6.92 Å². The number of rotatable bonds is 2. The van der Waals surface area contributed by atoms with E-state index in [0.717, 1.165) is 5.01 Å². The highest BCUT2D eigenvalue weighted by molar-refractivity contribution is 7.15. The molecule has 0 saturated heterocycles. The van der Waals surface area contributed by atoms with E-state index in [0.29, 0.717) is 5.13 Å². The summed E-state index contributed by atoms with van der Waals surface area (Å²) in [6.45, 7) is 1.79. The number of hydrogen-bond acceptors (Lipinski definition) is 6. The lowest BCUT2D eigenvalue weighted by atomic mass is 10.2. The topological polar surface area (TPSA) is 88.0 Å². The molecule has 2 N–H and O–H groups in total. The molecule has 2 aromatic heterocycles. The molecule has 0 bridgehead atoms. The molecule has 1 amide bonds. The van der Waals surface area contributed by atoms with Crippen molar-refractivity contribution >= 4 is 22.4 Å². The summed E-state index contributed by atoms with van der Waals surface area (Å²) in [4.78, 5) is 15.4. The van der Waals surface area contributed by atoms with E-state index in [-0.39, 0.29) is 17.2 Å². The molecule has 82 valence electrons. The van der Waals surface area contributed by atoms with Crippen LogP contribution in [-0.2, 0) is 0 Å². The van der Waals surface area contributed by atoms with Gasteiger partial charge in [-0.2, -0.15) is 0 Å². The third-order valence-corrected chi connectivity index (χ3v) is 2.49. The Morgan fingerprint density at radius 1 is 1.44 bits per heavy atom. The van der Waals surface area contributed by atoms with Gasteiger partial charge in [0.1, 0.15) is 10.8 Å². The van der Waals surface area contributed by atoms with Gasteiger partial charge in [-0.3, -0.25) is 15.1 Å². The number of nitrogens with zero attached hydrogens (tertiary/aromatic N) is 3. The lowest BCUT2D eigenvalue weighted by molar-refractivity contribution is 0.102. The van der Waals surface area contributed by atoms with E-state index in [1.807, 2.05) is 0 Å². The summed E-state index contributed by atoms with van der Waals surface area (Å²) in [5.41, 5.74) is 0.271. The van der Waals surface area contributed by atoms with Crippen LogP contribution >= 0.6 is 11.3 Å². The molecule has 2 heterocycles. The average Bonchev–Trinajstić information content (AvgIpc) is 2.64. The first-order valence-corrected chi connectivity index (χ1v) is 5.22. The highest BCUT2D eigenvalue weighted by Gasteiger charge is 2.09. The molecule has 0 aliphatic carbocycles. The van der Waals surface area contributed by atoms with E-state index >= 15 is 0 Å². The number of aromatic hydroxyl groups is 1. The maximum atomic E-state index is 11.7. The van der Waals surface area contributed by atoms with Crippen molar-refractivity contribution in [2.24, 2.45) is 0 Å². The van der Waals surface area contributed by atoms with E-state index in [2.05, 4.69) is 20.5 Å². The van der Waals surface area contributed by atoms with Gasteiger partial charge >= 0.3 is 0 Å². The molecule has 0 atom stereocenters. The van der Waals surface area contributed by atoms with Gasteiger partial charge in [0, 0.05) is 6.20 Å². The van der Waals surface area contributed by atoms with Crippen LogP contribution in [0.25, 0.3) is 0 Å². The van der Waals surface area contributed by atoms with Crippen molar-refractivity contribution in [2.75, 3.05) is 5.32 Å². The minimum atomic E-state index is -0.375. The van der Waals surface area contributed by atoms with Crippen molar-refractivity contribution in [3.63, 3.8) is 0 Å². The van der Waals surface area contributed by atoms with Crippen LogP contribution in [0.3, 0.4) is 0 Å². The first-order chi connectivity index (χ1) is 7.65. The number of aromatic nitrogens is 3. The Hall–Kier alpha value is -2.02. The predicted octanol–water partition coefficient (Wildman–Crippen LogP) is 1.20. The fourth-order valence-electron chi connectivity index (χ4n) is 1.07. The smallest absolute Gasteiger partial charge is 0.259 e. The van der Waals surface area contributed by atoms with E-state index < -0.39 is 0 Å². The highest BCUT2D eigenvalue weighted by atomic mass is 32.1. The minimum absolute atomic E-state index is 0.0545. The van der Waals surface area contributed by atoms with Crippen LogP contribution in [0.2, 0.25) is 0 Å². The number of carbonyl (C=O) groups excluding carboxylic acids is 1. The van der Waals surface area contributed by atoms with E-state index in [1.165, 1.54) is 29.8 Å². The molecule has 6 nitrogen and oxygen atoms in total. The second kappa shape index (κ2) is 4.23.